The molecule has 2 rings (SSSR count). The number of ether oxygens (including phenoxy) is 1. The summed E-state index contributed by atoms with van der Waals surface area (Å²) >= 11 is 0. The van der Waals surface area contributed by atoms with Crippen molar-refractivity contribution in [2.75, 3.05) is 20.2 Å². The summed E-state index contributed by atoms with van der Waals surface area (Å²) < 4.78 is 5.07. The Hall–Kier alpha value is -1.39. The largest absolute Gasteiger partial charge is 0.380 e. The molecule has 1 heterocycles. The van der Waals surface area contributed by atoms with E-state index in [4.69, 9.17) is 4.74 Å². The van der Waals surface area contributed by atoms with E-state index < -0.39 is 0 Å². The smallest absolute Gasteiger partial charge is 0.251 e. The zero-order valence-corrected chi connectivity index (χ0v) is 10.7. The Morgan fingerprint density at radius 3 is 3.17 bits per heavy atom. The van der Waals surface area contributed by atoms with Gasteiger partial charge in [0, 0.05) is 25.3 Å². The first-order valence-electron chi connectivity index (χ1n) is 6.39. The van der Waals surface area contributed by atoms with E-state index in [2.05, 4.69) is 10.6 Å². The summed E-state index contributed by atoms with van der Waals surface area (Å²) in [5.41, 5.74) is 1.72. The molecule has 18 heavy (non-hydrogen) atoms. The van der Waals surface area contributed by atoms with E-state index in [1.165, 1.54) is 0 Å². The number of carbonyl (C=O) groups excluding carboxylic acids is 1. The minimum Gasteiger partial charge on any atom is -0.380 e. The van der Waals surface area contributed by atoms with E-state index in [9.17, 15) is 4.79 Å². The van der Waals surface area contributed by atoms with Gasteiger partial charge in [0.25, 0.3) is 5.91 Å². The molecule has 1 amide bonds. The lowest BCUT2D eigenvalue weighted by Crippen LogP contribution is -2.45. The minimum atomic E-state index is 0.00153. The van der Waals surface area contributed by atoms with Crippen LogP contribution in [0.2, 0.25) is 0 Å². The predicted octanol–water partition coefficient (Wildman–Crippen LogP) is 1.31. The Labute approximate surface area is 108 Å². The highest BCUT2D eigenvalue weighted by molar-refractivity contribution is 5.94. The van der Waals surface area contributed by atoms with Crippen LogP contribution in [0.15, 0.2) is 24.3 Å². The molecule has 2 N–H and O–H groups in total. The lowest BCUT2D eigenvalue weighted by molar-refractivity contribution is 0.0930. The molecule has 4 nitrogen and oxygen atoms in total. The summed E-state index contributed by atoms with van der Waals surface area (Å²) in [6.07, 6.45) is 2.17. The third-order valence-corrected chi connectivity index (χ3v) is 3.13. The summed E-state index contributed by atoms with van der Waals surface area (Å²) in [7, 11) is 1.65. The first kappa shape index (κ1) is 13.1. The molecular weight excluding hydrogens is 228 g/mol. The van der Waals surface area contributed by atoms with E-state index in [1.807, 2.05) is 24.3 Å². The van der Waals surface area contributed by atoms with Gasteiger partial charge >= 0.3 is 0 Å². The normalized spacial score (nSPS) is 19.5. The van der Waals surface area contributed by atoms with Crippen molar-refractivity contribution >= 4 is 5.91 Å². The molecule has 4 heteroatoms. The van der Waals surface area contributed by atoms with E-state index in [1.54, 1.807) is 7.11 Å². The van der Waals surface area contributed by atoms with Crippen molar-refractivity contribution in [2.24, 2.45) is 0 Å². The van der Waals surface area contributed by atoms with Gasteiger partial charge in [0.2, 0.25) is 0 Å². The van der Waals surface area contributed by atoms with Crippen LogP contribution in [-0.2, 0) is 11.3 Å². The lowest BCUT2D eigenvalue weighted by atomic mass is 10.1. The van der Waals surface area contributed by atoms with Gasteiger partial charge in [0.1, 0.15) is 0 Å². The third kappa shape index (κ3) is 3.55. The van der Waals surface area contributed by atoms with Crippen molar-refractivity contribution in [1.82, 2.24) is 10.6 Å². The zero-order chi connectivity index (χ0) is 12.8. The number of methoxy groups -OCH3 is 1. The van der Waals surface area contributed by atoms with Gasteiger partial charge in [0.05, 0.1) is 6.61 Å². The fraction of sp³-hybridized carbons (Fsp3) is 0.500. The molecule has 1 aromatic carbocycles. The van der Waals surface area contributed by atoms with Crippen molar-refractivity contribution < 1.29 is 9.53 Å². The van der Waals surface area contributed by atoms with Gasteiger partial charge in [0.15, 0.2) is 0 Å². The second-order valence-corrected chi connectivity index (χ2v) is 4.65. The molecule has 1 saturated heterocycles. The summed E-state index contributed by atoms with van der Waals surface area (Å²) in [6, 6.07) is 7.82. The summed E-state index contributed by atoms with van der Waals surface area (Å²) in [4.78, 5) is 12.1. The molecule has 0 aliphatic carbocycles. The fourth-order valence-corrected chi connectivity index (χ4v) is 2.21. The number of rotatable bonds is 4. The molecule has 98 valence electrons. The second-order valence-electron chi connectivity index (χ2n) is 4.65. The van der Waals surface area contributed by atoms with Gasteiger partial charge in [-0.25, -0.2) is 0 Å². The molecule has 1 aliphatic heterocycles. The van der Waals surface area contributed by atoms with E-state index in [0.717, 1.165) is 31.5 Å². The van der Waals surface area contributed by atoms with E-state index >= 15 is 0 Å². The molecule has 1 fully saturated rings. The molecular formula is C14H20N2O2. The molecule has 0 spiro atoms. The quantitative estimate of drug-likeness (QED) is 0.845. The van der Waals surface area contributed by atoms with Crippen LogP contribution in [-0.4, -0.2) is 32.1 Å². The molecule has 1 unspecified atom stereocenters. The van der Waals surface area contributed by atoms with Gasteiger partial charge in [-0.2, -0.15) is 0 Å². The van der Waals surface area contributed by atoms with Crippen LogP contribution >= 0.6 is 0 Å². The first-order chi connectivity index (χ1) is 8.79. The van der Waals surface area contributed by atoms with Crippen molar-refractivity contribution in [2.45, 2.75) is 25.5 Å². The molecule has 0 saturated carbocycles. The van der Waals surface area contributed by atoms with Crippen molar-refractivity contribution in [3.05, 3.63) is 35.4 Å². The maximum atomic E-state index is 12.1. The Balaban J connectivity index is 1.96. The maximum Gasteiger partial charge on any atom is 0.251 e. The number of hydrogen-bond donors (Lipinski definition) is 2. The monoisotopic (exact) mass is 248 g/mol. The molecule has 1 aromatic rings. The van der Waals surface area contributed by atoms with Crippen molar-refractivity contribution in [3.8, 4) is 0 Å². The summed E-state index contributed by atoms with van der Waals surface area (Å²) in [5, 5.41) is 6.35. The SMILES string of the molecule is COCc1cccc(C(=O)NC2CCCNC2)c1. The van der Waals surface area contributed by atoms with Crippen LogP contribution in [0.1, 0.15) is 28.8 Å². The van der Waals surface area contributed by atoms with E-state index in [0.29, 0.717) is 12.2 Å². The molecule has 0 aromatic heterocycles. The number of nitrogens with one attached hydrogen (secondary N) is 2. The molecule has 0 radical (unpaired) electrons. The number of carbonyl (C=O) groups is 1. The predicted molar refractivity (Wildman–Crippen MR) is 70.5 cm³/mol. The second kappa shape index (κ2) is 6.52. The van der Waals surface area contributed by atoms with Crippen LogP contribution < -0.4 is 10.6 Å². The Morgan fingerprint density at radius 2 is 2.44 bits per heavy atom. The van der Waals surface area contributed by atoms with Crippen LogP contribution in [0.25, 0.3) is 0 Å². The van der Waals surface area contributed by atoms with Crippen LogP contribution in [0.3, 0.4) is 0 Å². The first-order valence-corrected chi connectivity index (χ1v) is 6.39. The van der Waals surface area contributed by atoms with Crippen LogP contribution in [0, 0.1) is 0 Å². The van der Waals surface area contributed by atoms with Gasteiger partial charge < -0.3 is 15.4 Å². The number of amides is 1. The molecule has 1 aliphatic rings. The van der Waals surface area contributed by atoms with Crippen molar-refractivity contribution in [1.29, 1.82) is 0 Å². The number of benzene rings is 1. The minimum absolute atomic E-state index is 0.00153. The van der Waals surface area contributed by atoms with Gasteiger partial charge in [-0.3, -0.25) is 4.79 Å². The average molecular weight is 248 g/mol. The Morgan fingerprint density at radius 1 is 1.56 bits per heavy atom. The zero-order valence-electron chi connectivity index (χ0n) is 10.7. The molecule has 0 bridgehead atoms. The number of hydrogen-bond acceptors (Lipinski definition) is 3. The van der Waals surface area contributed by atoms with Gasteiger partial charge in [-0.05, 0) is 37.1 Å². The summed E-state index contributed by atoms with van der Waals surface area (Å²) in [6.45, 7) is 2.45. The topological polar surface area (TPSA) is 50.4 Å². The highest BCUT2D eigenvalue weighted by Crippen LogP contribution is 2.08. The fourth-order valence-electron chi connectivity index (χ4n) is 2.21. The van der Waals surface area contributed by atoms with Crippen molar-refractivity contribution in [3.63, 3.8) is 0 Å². The standard InChI is InChI=1S/C14H20N2O2/c1-18-10-11-4-2-5-12(8-11)14(17)16-13-6-3-7-15-9-13/h2,4-5,8,13,15H,3,6-7,9-10H2,1H3,(H,16,17). The van der Waals surface area contributed by atoms with Gasteiger partial charge in [-0.1, -0.05) is 12.1 Å². The average Bonchev–Trinajstić information content (AvgIpc) is 2.40. The Bertz CT molecular complexity index is 401. The Kier molecular flexibility index (Phi) is 4.73. The highest BCUT2D eigenvalue weighted by Gasteiger charge is 2.16. The summed E-state index contributed by atoms with van der Waals surface area (Å²) in [5.74, 6) is 0.00153. The third-order valence-electron chi connectivity index (χ3n) is 3.13. The molecule has 1 atom stereocenters. The number of piperidine rings is 1. The van der Waals surface area contributed by atoms with E-state index in [-0.39, 0.29) is 11.9 Å². The maximum absolute atomic E-state index is 12.1. The van der Waals surface area contributed by atoms with Crippen LogP contribution in [0.5, 0.6) is 0 Å². The lowest BCUT2D eigenvalue weighted by Gasteiger charge is -2.23. The van der Waals surface area contributed by atoms with Crippen LogP contribution in [0.4, 0.5) is 0 Å². The highest BCUT2D eigenvalue weighted by atomic mass is 16.5. The van der Waals surface area contributed by atoms with Gasteiger partial charge in [-0.15, -0.1) is 0 Å².